The lowest BCUT2D eigenvalue weighted by atomic mass is 9.91. The van der Waals surface area contributed by atoms with E-state index < -0.39 is 0 Å². The summed E-state index contributed by atoms with van der Waals surface area (Å²) in [6.07, 6.45) is 5.29. The first-order chi connectivity index (χ1) is 8.68. The van der Waals surface area contributed by atoms with E-state index in [1.807, 2.05) is 0 Å². The van der Waals surface area contributed by atoms with Crippen molar-refractivity contribution in [2.75, 3.05) is 6.54 Å². The molecule has 1 heteroatoms. The molecule has 0 heterocycles. The SMILES string of the molecule is CCCC(NCC1(C(C)C)CC1)c1ccccc1. The Bertz CT molecular complexity index is 351. The van der Waals surface area contributed by atoms with Crippen molar-refractivity contribution in [3.63, 3.8) is 0 Å². The molecule has 1 fully saturated rings. The summed E-state index contributed by atoms with van der Waals surface area (Å²) in [6.45, 7) is 8.19. The highest BCUT2D eigenvalue weighted by Crippen LogP contribution is 2.51. The maximum atomic E-state index is 3.82. The number of nitrogens with one attached hydrogen (secondary N) is 1. The Labute approximate surface area is 112 Å². The van der Waals surface area contributed by atoms with Crippen molar-refractivity contribution in [3.05, 3.63) is 35.9 Å². The Kier molecular flexibility index (Phi) is 4.45. The van der Waals surface area contributed by atoms with Crippen LogP contribution in [-0.4, -0.2) is 6.54 Å². The summed E-state index contributed by atoms with van der Waals surface area (Å²) in [7, 11) is 0. The van der Waals surface area contributed by atoms with Gasteiger partial charge in [-0.05, 0) is 36.2 Å². The lowest BCUT2D eigenvalue weighted by Gasteiger charge is -2.25. The van der Waals surface area contributed by atoms with Crippen LogP contribution in [0.3, 0.4) is 0 Å². The average Bonchev–Trinajstić information content (AvgIpc) is 3.17. The van der Waals surface area contributed by atoms with Crippen molar-refractivity contribution in [2.45, 2.75) is 52.5 Å². The van der Waals surface area contributed by atoms with E-state index in [0.29, 0.717) is 11.5 Å². The minimum atomic E-state index is 0.535. The molecular formula is C17H27N. The molecule has 0 aliphatic heterocycles. The molecule has 0 radical (unpaired) electrons. The molecular weight excluding hydrogens is 218 g/mol. The molecule has 1 unspecified atom stereocenters. The fourth-order valence-electron chi connectivity index (χ4n) is 2.81. The van der Waals surface area contributed by atoms with Crippen molar-refractivity contribution in [2.24, 2.45) is 11.3 Å². The predicted molar refractivity (Wildman–Crippen MR) is 78.6 cm³/mol. The molecule has 1 saturated carbocycles. The number of rotatable bonds is 7. The van der Waals surface area contributed by atoms with Crippen LogP contribution in [-0.2, 0) is 0 Å². The fourth-order valence-corrected chi connectivity index (χ4v) is 2.81. The predicted octanol–water partition coefficient (Wildman–Crippen LogP) is 4.55. The third-order valence-corrected chi connectivity index (χ3v) is 4.60. The van der Waals surface area contributed by atoms with E-state index in [2.05, 4.69) is 56.4 Å². The van der Waals surface area contributed by atoms with E-state index in [1.165, 1.54) is 37.8 Å². The molecule has 0 aromatic heterocycles. The molecule has 0 bridgehead atoms. The fraction of sp³-hybridized carbons (Fsp3) is 0.647. The van der Waals surface area contributed by atoms with Crippen LogP contribution >= 0.6 is 0 Å². The van der Waals surface area contributed by atoms with Crippen LogP contribution in [0.15, 0.2) is 30.3 Å². The topological polar surface area (TPSA) is 12.0 Å². The molecule has 1 aliphatic rings. The monoisotopic (exact) mass is 245 g/mol. The zero-order valence-electron chi connectivity index (χ0n) is 12.1. The third kappa shape index (κ3) is 3.14. The lowest BCUT2D eigenvalue weighted by molar-refractivity contribution is 0.315. The van der Waals surface area contributed by atoms with Gasteiger partial charge < -0.3 is 5.32 Å². The van der Waals surface area contributed by atoms with Crippen molar-refractivity contribution >= 4 is 0 Å². The number of benzene rings is 1. The van der Waals surface area contributed by atoms with E-state index in [9.17, 15) is 0 Å². The number of hydrogen-bond acceptors (Lipinski definition) is 1. The van der Waals surface area contributed by atoms with Gasteiger partial charge in [0, 0.05) is 12.6 Å². The standard InChI is InChI=1S/C17H27N/c1-4-8-16(15-9-6-5-7-10-15)18-13-17(11-12-17)14(2)3/h5-7,9-10,14,16,18H,4,8,11-13H2,1-3H3. The van der Waals surface area contributed by atoms with Crippen molar-refractivity contribution < 1.29 is 0 Å². The normalized spacial score (nSPS) is 18.9. The summed E-state index contributed by atoms with van der Waals surface area (Å²) in [5, 5.41) is 3.82. The van der Waals surface area contributed by atoms with Crippen LogP contribution < -0.4 is 5.32 Å². The van der Waals surface area contributed by atoms with Crippen LogP contribution in [0, 0.1) is 11.3 Å². The second-order valence-electron chi connectivity index (χ2n) is 6.15. The van der Waals surface area contributed by atoms with Gasteiger partial charge in [-0.3, -0.25) is 0 Å². The molecule has 0 saturated heterocycles. The lowest BCUT2D eigenvalue weighted by Crippen LogP contribution is -2.31. The summed E-state index contributed by atoms with van der Waals surface area (Å²) < 4.78 is 0. The van der Waals surface area contributed by atoms with E-state index in [1.54, 1.807) is 0 Å². The van der Waals surface area contributed by atoms with E-state index in [-0.39, 0.29) is 0 Å². The first-order valence-electron chi connectivity index (χ1n) is 7.46. The molecule has 1 nitrogen and oxygen atoms in total. The molecule has 18 heavy (non-hydrogen) atoms. The quantitative estimate of drug-likeness (QED) is 0.743. The second-order valence-corrected chi connectivity index (χ2v) is 6.15. The van der Waals surface area contributed by atoms with Gasteiger partial charge in [0.25, 0.3) is 0 Å². The van der Waals surface area contributed by atoms with Gasteiger partial charge in [0.15, 0.2) is 0 Å². The largest absolute Gasteiger partial charge is 0.309 e. The highest BCUT2D eigenvalue weighted by atomic mass is 14.9. The van der Waals surface area contributed by atoms with Gasteiger partial charge in [-0.1, -0.05) is 57.5 Å². The third-order valence-electron chi connectivity index (χ3n) is 4.60. The Morgan fingerprint density at radius 3 is 2.33 bits per heavy atom. The zero-order chi connectivity index (χ0) is 13.0. The van der Waals surface area contributed by atoms with Gasteiger partial charge in [0.05, 0.1) is 0 Å². The Balaban J connectivity index is 1.95. The van der Waals surface area contributed by atoms with Crippen molar-refractivity contribution in [1.29, 1.82) is 0 Å². The minimum Gasteiger partial charge on any atom is -0.309 e. The van der Waals surface area contributed by atoms with Gasteiger partial charge in [-0.2, -0.15) is 0 Å². The molecule has 1 atom stereocenters. The maximum Gasteiger partial charge on any atom is 0.0320 e. The Hall–Kier alpha value is -0.820. The van der Waals surface area contributed by atoms with Gasteiger partial charge in [0.1, 0.15) is 0 Å². The summed E-state index contributed by atoms with van der Waals surface area (Å²) in [6, 6.07) is 11.4. The van der Waals surface area contributed by atoms with Gasteiger partial charge >= 0.3 is 0 Å². The van der Waals surface area contributed by atoms with Crippen molar-refractivity contribution in [1.82, 2.24) is 5.32 Å². The van der Waals surface area contributed by atoms with Crippen LogP contribution in [0.5, 0.6) is 0 Å². The Morgan fingerprint density at radius 1 is 1.17 bits per heavy atom. The Morgan fingerprint density at radius 2 is 1.83 bits per heavy atom. The van der Waals surface area contributed by atoms with E-state index in [4.69, 9.17) is 0 Å². The summed E-state index contributed by atoms with van der Waals surface area (Å²) in [4.78, 5) is 0. The highest BCUT2D eigenvalue weighted by molar-refractivity contribution is 5.19. The first kappa shape index (κ1) is 13.6. The second kappa shape index (κ2) is 5.88. The molecule has 1 aliphatic carbocycles. The van der Waals surface area contributed by atoms with Crippen LogP contribution in [0.2, 0.25) is 0 Å². The molecule has 0 amide bonds. The molecule has 1 N–H and O–H groups in total. The highest BCUT2D eigenvalue weighted by Gasteiger charge is 2.45. The molecule has 0 spiro atoms. The molecule has 2 rings (SSSR count). The molecule has 1 aromatic rings. The van der Waals surface area contributed by atoms with E-state index >= 15 is 0 Å². The van der Waals surface area contributed by atoms with Crippen LogP contribution in [0.1, 0.15) is 58.1 Å². The van der Waals surface area contributed by atoms with Gasteiger partial charge in [-0.15, -0.1) is 0 Å². The summed E-state index contributed by atoms with van der Waals surface area (Å²) in [5.74, 6) is 0.808. The van der Waals surface area contributed by atoms with Gasteiger partial charge in [0.2, 0.25) is 0 Å². The number of hydrogen-bond donors (Lipinski definition) is 1. The van der Waals surface area contributed by atoms with Crippen LogP contribution in [0.25, 0.3) is 0 Å². The summed E-state index contributed by atoms with van der Waals surface area (Å²) in [5.41, 5.74) is 2.04. The zero-order valence-corrected chi connectivity index (χ0v) is 12.1. The van der Waals surface area contributed by atoms with Crippen molar-refractivity contribution in [3.8, 4) is 0 Å². The van der Waals surface area contributed by atoms with Crippen LogP contribution in [0.4, 0.5) is 0 Å². The minimum absolute atomic E-state index is 0.535. The molecule has 1 aromatic carbocycles. The smallest absolute Gasteiger partial charge is 0.0320 e. The van der Waals surface area contributed by atoms with Gasteiger partial charge in [-0.25, -0.2) is 0 Å². The molecule has 100 valence electrons. The van der Waals surface area contributed by atoms with E-state index in [0.717, 1.165) is 5.92 Å². The average molecular weight is 245 g/mol. The maximum absolute atomic E-state index is 3.82. The summed E-state index contributed by atoms with van der Waals surface area (Å²) >= 11 is 0. The first-order valence-corrected chi connectivity index (χ1v) is 7.46.